The molecule has 0 spiro atoms. The number of alkyl halides is 3. The van der Waals surface area contributed by atoms with Crippen molar-refractivity contribution in [3.8, 4) is 0 Å². The normalized spacial score (nSPS) is 12.2. The summed E-state index contributed by atoms with van der Waals surface area (Å²) >= 11 is 1.53. The second kappa shape index (κ2) is 9.88. The van der Waals surface area contributed by atoms with E-state index in [1.54, 1.807) is 18.2 Å². The predicted molar refractivity (Wildman–Crippen MR) is 131 cm³/mol. The summed E-state index contributed by atoms with van der Waals surface area (Å²) in [5.41, 5.74) is 0.486. The lowest BCUT2D eigenvalue weighted by molar-refractivity contribution is -0.136. The minimum Gasteiger partial charge on any atom is -0.322 e. The quantitative estimate of drug-likeness (QED) is 0.324. The van der Waals surface area contributed by atoms with Gasteiger partial charge in [-0.15, -0.1) is 11.8 Å². The molecule has 0 aliphatic carbocycles. The highest BCUT2D eigenvalue weighted by Gasteiger charge is 2.33. The van der Waals surface area contributed by atoms with Crippen molar-refractivity contribution in [2.45, 2.75) is 28.9 Å². The van der Waals surface area contributed by atoms with Crippen LogP contribution in [0.2, 0.25) is 0 Å². The maximum atomic E-state index is 13.4. The number of nitrogens with one attached hydrogen (secondary N) is 2. The van der Waals surface area contributed by atoms with Gasteiger partial charge in [0.2, 0.25) is 15.6 Å². The van der Waals surface area contributed by atoms with E-state index in [2.05, 4.69) is 9.71 Å². The molecule has 0 saturated heterocycles. The zero-order chi connectivity index (χ0) is 25.2. The molecule has 2 N–H and O–H groups in total. The van der Waals surface area contributed by atoms with Crippen molar-refractivity contribution in [2.24, 2.45) is 0 Å². The van der Waals surface area contributed by atoms with Crippen LogP contribution >= 0.6 is 11.8 Å². The third kappa shape index (κ3) is 5.77. The van der Waals surface area contributed by atoms with Crippen molar-refractivity contribution >= 4 is 32.7 Å². The van der Waals surface area contributed by atoms with E-state index in [9.17, 15) is 26.4 Å². The molecule has 0 atom stereocenters. The largest absolute Gasteiger partial charge is 0.417 e. The van der Waals surface area contributed by atoms with Crippen molar-refractivity contribution in [1.29, 1.82) is 0 Å². The summed E-state index contributed by atoms with van der Waals surface area (Å²) in [7, 11) is -3.75. The van der Waals surface area contributed by atoms with Gasteiger partial charge in [-0.1, -0.05) is 36.4 Å². The Balaban J connectivity index is 1.53. The van der Waals surface area contributed by atoms with E-state index in [0.717, 1.165) is 16.0 Å². The molecular weight excluding hydrogens is 497 g/mol. The number of thioether (sulfide) groups is 1. The van der Waals surface area contributed by atoms with E-state index in [1.807, 2.05) is 30.5 Å². The number of hydrogen-bond acceptors (Lipinski definition) is 4. The van der Waals surface area contributed by atoms with Gasteiger partial charge < -0.3 is 4.98 Å². The maximum absolute atomic E-state index is 13.4. The lowest BCUT2D eigenvalue weighted by Gasteiger charge is -2.12. The van der Waals surface area contributed by atoms with Crippen molar-refractivity contribution in [1.82, 2.24) is 9.71 Å². The van der Waals surface area contributed by atoms with Crippen LogP contribution < -0.4 is 10.3 Å². The predicted octanol–water partition coefficient (Wildman–Crippen LogP) is 5.34. The molecule has 4 aromatic rings. The van der Waals surface area contributed by atoms with E-state index < -0.39 is 27.3 Å². The van der Waals surface area contributed by atoms with Crippen LogP contribution in [0.3, 0.4) is 0 Å². The molecule has 5 nitrogen and oxygen atoms in total. The Morgan fingerprint density at radius 3 is 2.31 bits per heavy atom. The van der Waals surface area contributed by atoms with Gasteiger partial charge in [0.1, 0.15) is 0 Å². The van der Waals surface area contributed by atoms with Crippen molar-refractivity contribution < 1.29 is 21.6 Å². The van der Waals surface area contributed by atoms with Crippen molar-refractivity contribution in [3.05, 3.63) is 105 Å². The van der Waals surface area contributed by atoms with Crippen LogP contribution in [-0.2, 0) is 29.2 Å². The molecule has 1 heterocycles. The number of rotatable bonds is 7. The summed E-state index contributed by atoms with van der Waals surface area (Å²) in [4.78, 5) is 15.1. The lowest BCUT2D eigenvalue weighted by atomic mass is 10.0. The Kier molecular flexibility index (Phi) is 7.07. The van der Waals surface area contributed by atoms with Gasteiger partial charge >= 0.3 is 6.18 Å². The average molecular weight is 519 g/mol. The van der Waals surface area contributed by atoms with Gasteiger partial charge in [-0.3, -0.25) is 4.79 Å². The van der Waals surface area contributed by atoms with Crippen LogP contribution in [0, 0.1) is 0 Å². The highest BCUT2D eigenvalue weighted by molar-refractivity contribution is 7.98. The van der Waals surface area contributed by atoms with Gasteiger partial charge in [-0.2, -0.15) is 13.2 Å². The Labute approximate surface area is 204 Å². The van der Waals surface area contributed by atoms with Gasteiger partial charge in [0, 0.05) is 28.4 Å². The molecule has 35 heavy (non-hydrogen) atoms. The van der Waals surface area contributed by atoms with Gasteiger partial charge in [0.05, 0.1) is 10.5 Å². The second-order valence-electron chi connectivity index (χ2n) is 7.88. The maximum Gasteiger partial charge on any atom is 0.417 e. The molecule has 4 rings (SSSR count). The Morgan fingerprint density at radius 1 is 0.943 bits per heavy atom. The minimum absolute atomic E-state index is 0.0940. The van der Waals surface area contributed by atoms with Crippen LogP contribution in [0.4, 0.5) is 13.2 Å². The van der Waals surface area contributed by atoms with Crippen LogP contribution in [0.15, 0.2) is 87.4 Å². The summed E-state index contributed by atoms with van der Waals surface area (Å²) < 4.78 is 68.3. The number of fused-ring (bicyclic) bond motifs is 1. The van der Waals surface area contributed by atoms with Crippen LogP contribution in [0.5, 0.6) is 0 Å². The lowest BCUT2D eigenvalue weighted by Crippen LogP contribution is -2.23. The number of aromatic amines is 1. The average Bonchev–Trinajstić information content (AvgIpc) is 2.82. The zero-order valence-electron chi connectivity index (χ0n) is 18.5. The summed E-state index contributed by atoms with van der Waals surface area (Å²) in [6.07, 6.45) is -2.45. The van der Waals surface area contributed by atoms with Gasteiger partial charge in [0.25, 0.3) is 0 Å². The molecule has 1 aromatic heterocycles. The number of sulfonamides is 1. The molecule has 0 aliphatic heterocycles. The highest BCUT2D eigenvalue weighted by Crippen LogP contribution is 2.33. The third-order valence-electron chi connectivity index (χ3n) is 5.50. The molecule has 182 valence electrons. The van der Waals surface area contributed by atoms with Crippen LogP contribution in [-0.4, -0.2) is 19.7 Å². The summed E-state index contributed by atoms with van der Waals surface area (Å²) in [5, 5.41) is -0.0940. The topological polar surface area (TPSA) is 79.0 Å². The molecule has 0 saturated carbocycles. The smallest absolute Gasteiger partial charge is 0.322 e. The summed E-state index contributed by atoms with van der Waals surface area (Å²) in [6.45, 7) is 0.155. The fourth-order valence-corrected chi connectivity index (χ4v) is 5.40. The van der Waals surface area contributed by atoms with Gasteiger partial charge in [-0.05, 0) is 59.7 Å². The monoisotopic (exact) mass is 518 g/mol. The number of halogens is 3. The fraction of sp³-hybridized carbons (Fsp3) is 0.160. The number of H-pyrrole nitrogens is 1. The molecule has 0 unspecified atom stereocenters. The molecule has 0 amide bonds. The van der Waals surface area contributed by atoms with Gasteiger partial charge in [0.15, 0.2) is 0 Å². The molecule has 0 aliphatic rings. The van der Waals surface area contributed by atoms with Crippen LogP contribution in [0.25, 0.3) is 10.9 Å². The van der Waals surface area contributed by atoms with E-state index >= 15 is 0 Å². The standard InChI is InChI=1S/C25H21F3N2O3S2/c1-34-23-5-3-2-4-18(23)15-29-35(32,33)19-9-6-16(7-10-19)12-17-8-11-22-20(13-17)21(25(26,27)28)14-24(31)30-22/h2-11,13-14,29H,12,15H2,1H3,(H,30,31). The number of benzene rings is 3. The summed E-state index contributed by atoms with van der Waals surface area (Å²) in [6, 6.07) is 18.7. The first-order valence-electron chi connectivity index (χ1n) is 10.5. The Bertz CT molecular complexity index is 1530. The molecule has 3 aromatic carbocycles. The highest BCUT2D eigenvalue weighted by atomic mass is 32.2. The molecule has 10 heteroatoms. The summed E-state index contributed by atoms with van der Waals surface area (Å²) in [5.74, 6) is 0. The third-order valence-corrected chi connectivity index (χ3v) is 7.76. The minimum atomic E-state index is -4.66. The SMILES string of the molecule is CSc1ccccc1CNS(=O)(=O)c1ccc(Cc2ccc3[nH]c(=O)cc(C(F)(F)F)c3c2)cc1. The van der Waals surface area contributed by atoms with E-state index in [-0.39, 0.29) is 22.3 Å². The van der Waals surface area contributed by atoms with E-state index in [0.29, 0.717) is 18.1 Å². The first-order chi connectivity index (χ1) is 16.6. The molecule has 0 fully saturated rings. The second-order valence-corrected chi connectivity index (χ2v) is 10.5. The molecule has 0 bridgehead atoms. The number of pyridine rings is 1. The first kappa shape index (κ1) is 25.0. The number of hydrogen-bond donors (Lipinski definition) is 2. The molecule has 0 radical (unpaired) electrons. The Hall–Kier alpha value is -3.08. The first-order valence-corrected chi connectivity index (χ1v) is 13.2. The van der Waals surface area contributed by atoms with Gasteiger partial charge in [-0.25, -0.2) is 13.1 Å². The zero-order valence-corrected chi connectivity index (χ0v) is 20.2. The fourth-order valence-electron chi connectivity index (χ4n) is 3.77. The molecular formula is C25H21F3N2O3S2. The van der Waals surface area contributed by atoms with E-state index in [1.165, 1.54) is 36.0 Å². The van der Waals surface area contributed by atoms with E-state index in [4.69, 9.17) is 0 Å². The van der Waals surface area contributed by atoms with Crippen LogP contribution in [0.1, 0.15) is 22.3 Å². The Morgan fingerprint density at radius 2 is 1.63 bits per heavy atom. The van der Waals surface area contributed by atoms with Crippen molar-refractivity contribution in [3.63, 3.8) is 0 Å². The van der Waals surface area contributed by atoms with Crippen molar-refractivity contribution in [2.75, 3.05) is 6.26 Å². The number of aromatic nitrogens is 1.